The number of carbonyl (C=O) groups is 1. The number of nitrogens with zero attached hydrogens (tertiary/aromatic N) is 8. The highest BCUT2D eigenvalue weighted by Gasteiger charge is 2.45. The summed E-state index contributed by atoms with van der Waals surface area (Å²) in [5.41, 5.74) is 2.85. The van der Waals surface area contributed by atoms with Crippen LogP contribution in [0.5, 0.6) is 11.5 Å². The number of ether oxygens (including phenoxy) is 1. The van der Waals surface area contributed by atoms with Crippen molar-refractivity contribution in [1.82, 2.24) is 34.2 Å². The van der Waals surface area contributed by atoms with Gasteiger partial charge in [0.1, 0.15) is 28.7 Å². The van der Waals surface area contributed by atoms with E-state index in [4.69, 9.17) is 9.84 Å². The molecule has 188 valence electrons. The Bertz CT molecular complexity index is 1570. The number of imidazole rings is 1. The first-order chi connectivity index (χ1) is 17.9. The predicted octanol–water partition coefficient (Wildman–Crippen LogP) is 3.89. The van der Waals surface area contributed by atoms with E-state index < -0.39 is 0 Å². The third kappa shape index (κ3) is 3.79. The molecular formula is C25H26N10O2. The number of aromatic nitrogens is 6. The zero-order valence-corrected chi connectivity index (χ0v) is 20.8. The molecule has 0 radical (unpaired) electrons. The second-order valence-corrected chi connectivity index (χ2v) is 9.73. The Labute approximate surface area is 212 Å². The number of nitriles is 1. The highest BCUT2D eigenvalue weighted by molar-refractivity contribution is 5.88. The van der Waals surface area contributed by atoms with Gasteiger partial charge in [-0.15, -0.1) is 0 Å². The lowest BCUT2D eigenvalue weighted by Crippen LogP contribution is -2.31. The molecule has 2 aliphatic rings. The molecule has 1 fully saturated rings. The number of aryl methyl sites for hydroxylation is 2. The Morgan fingerprint density at radius 3 is 2.78 bits per heavy atom. The molecule has 2 amide bonds. The van der Waals surface area contributed by atoms with E-state index in [0.717, 1.165) is 12.4 Å². The van der Waals surface area contributed by atoms with E-state index in [2.05, 4.69) is 42.4 Å². The molecule has 1 aliphatic carbocycles. The molecule has 2 N–H and O–H groups in total. The van der Waals surface area contributed by atoms with Crippen molar-refractivity contribution < 1.29 is 9.53 Å². The number of pyridine rings is 2. The maximum absolute atomic E-state index is 11.9. The van der Waals surface area contributed by atoms with Crippen molar-refractivity contribution in [3.05, 3.63) is 41.9 Å². The number of urea groups is 1. The number of nitrogens with one attached hydrogen (secondary N) is 2. The van der Waals surface area contributed by atoms with E-state index in [1.54, 1.807) is 30.8 Å². The molecule has 6 rings (SSSR count). The van der Waals surface area contributed by atoms with E-state index in [-0.39, 0.29) is 11.8 Å². The fourth-order valence-electron chi connectivity index (χ4n) is 5.09. The molecule has 4 aromatic rings. The van der Waals surface area contributed by atoms with Gasteiger partial charge in [-0.2, -0.15) is 15.3 Å². The van der Waals surface area contributed by atoms with Crippen LogP contribution in [0.1, 0.15) is 36.9 Å². The van der Waals surface area contributed by atoms with Crippen molar-refractivity contribution in [3.63, 3.8) is 0 Å². The number of anilines is 3. The summed E-state index contributed by atoms with van der Waals surface area (Å²) in [4.78, 5) is 26.5. The van der Waals surface area contributed by atoms with Crippen LogP contribution < -0.4 is 15.4 Å². The van der Waals surface area contributed by atoms with E-state index in [0.29, 0.717) is 39.7 Å². The number of hydrogen-bond acceptors (Lipinski definition) is 8. The zero-order chi connectivity index (χ0) is 25.7. The SMILES string of the molecule is CN(C)C(=O)Nc1cc(Oc2cnc3nc(Nc4cc5n(n4)CCC54CCC4)n(C)c3c2C#N)ccn1. The van der Waals surface area contributed by atoms with E-state index >= 15 is 0 Å². The van der Waals surface area contributed by atoms with Gasteiger partial charge >= 0.3 is 6.03 Å². The first-order valence-electron chi connectivity index (χ1n) is 12.1. The molecule has 5 heterocycles. The predicted molar refractivity (Wildman–Crippen MR) is 136 cm³/mol. The van der Waals surface area contributed by atoms with Crippen molar-refractivity contribution in [2.75, 3.05) is 24.7 Å². The van der Waals surface area contributed by atoms with Gasteiger partial charge in [0, 0.05) is 57.1 Å². The van der Waals surface area contributed by atoms with Crippen LogP contribution in [-0.2, 0) is 19.0 Å². The summed E-state index contributed by atoms with van der Waals surface area (Å²) < 4.78 is 9.87. The number of rotatable bonds is 5. The maximum Gasteiger partial charge on any atom is 0.322 e. The van der Waals surface area contributed by atoms with Crippen LogP contribution in [0.4, 0.5) is 22.4 Å². The van der Waals surface area contributed by atoms with Gasteiger partial charge in [-0.1, -0.05) is 6.42 Å². The first-order valence-corrected chi connectivity index (χ1v) is 12.1. The van der Waals surface area contributed by atoms with Crippen LogP contribution in [-0.4, -0.2) is 54.3 Å². The van der Waals surface area contributed by atoms with Crippen LogP contribution in [0.15, 0.2) is 30.6 Å². The number of amides is 2. The molecule has 0 atom stereocenters. The van der Waals surface area contributed by atoms with Gasteiger partial charge < -0.3 is 19.5 Å². The summed E-state index contributed by atoms with van der Waals surface area (Å²) in [6.07, 6.45) is 7.88. The minimum absolute atomic E-state index is 0.272. The molecular weight excluding hydrogens is 472 g/mol. The smallest absolute Gasteiger partial charge is 0.322 e. The second-order valence-electron chi connectivity index (χ2n) is 9.73. The van der Waals surface area contributed by atoms with Gasteiger partial charge in [0.2, 0.25) is 5.95 Å². The van der Waals surface area contributed by atoms with Gasteiger partial charge in [0.15, 0.2) is 17.2 Å². The number of fused-ring (bicyclic) bond motifs is 3. The minimum Gasteiger partial charge on any atom is -0.454 e. The van der Waals surface area contributed by atoms with Crippen molar-refractivity contribution in [2.45, 2.75) is 37.6 Å². The molecule has 1 saturated carbocycles. The Morgan fingerprint density at radius 1 is 1.22 bits per heavy atom. The third-order valence-corrected chi connectivity index (χ3v) is 7.25. The van der Waals surface area contributed by atoms with Crippen molar-refractivity contribution in [2.24, 2.45) is 7.05 Å². The summed E-state index contributed by atoms with van der Waals surface area (Å²) in [5, 5.41) is 20.7. The van der Waals surface area contributed by atoms with Crippen LogP contribution in [0.25, 0.3) is 11.2 Å². The topological polar surface area (TPSA) is 139 Å². The normalized spacial score (nSPS) is 15.2. The standard InChI is InChI=1S/C25H26N10O2/c1-33(2)24(36)30-19-11-15(5-9-27-19)37-17-14-28-22-21(16(17)13-26)34(3)23(31-22)29-20-12-18-25(6-4-7-25)8-10-35(18)32-20/h5,9,11-12,14H,4,6-8,10H2,1-3H3,(H,27,30,36)(H,28,29,31,32). The maximum atomic E-state index is 11.9. The fraction of sp³-hybridized carbons (Fsp3) is 0.360. The number of carbonyl (C=O) groups excluding carboxylic acids is 1. The molecule has 1 spiro atoms. The van der Waals surface area contributed by atoms with Crippen molar-refractivity contribution in [3.8, 4) is 17.6 Å². The molecule has 12 nitrogen and oxygen atoms in total. The van der Waals surface area contributed by atoms with E-state index in [9.17, 15) is 10.1 Å². The molecule has 12 heteroatoms. The lowest BCUT2D eigenvalue weighted by atomic mass is 9.66. The van der Waals surface area contributed by atoms with Gasteiger partial charge in [0.25, 0.3) is 0 Å². The fourth-order valence-corrected chi connectivity index (χ4v) is 5.09. The van der Waals surface area contributed by atoms with Gasteiger partial charge in [-0.05, 0) is 25.3 Å². The summed E-state index contributed by atoms with van der Waals surface area (Å²) in [7, 11) is 5.09. The van der Waals surface area contributed by atoms with Crippen LogP contribution >= 0.6 is 0 Å². The van der Waals surface area contributed by atoms with Crippen molar-refractivity contribution in [1.29, 1.82) is 5.26 Å². The molecule has 0 aromatic carbocycles. The summed E-state index contributed by atoms with van der Waals surface area (Å²) in [6, 6.07) is 7.25. The molecule has 0 saturated heterocycles. The van der Waals surface area contributed by atoms with Gasteiger partial charge in [0.05, 0.1) is 6.20 Å². The average molecular weight is 499 g/mol. The monoisotopic (exact) mass is 498 g/mol. The Kier molecular flexibility index (Phi) is 5.22. The largest absolute Gasteiger partial charge is 0.454 e. The lowest BCUT2D eigenvalue weighted by molar-refractivity contribution is 0.230. The molecule has 4 aromatic heterocycles. The third-order valence-electron chi connectivity index (χ3n) is 7.25. The van der Waals surface area contributed by atoms with E-state index in [1.165, 1.54) is 48.7 Å². The molecule has 0 unspecified atom stereocenters. The highest BCUT2D eigenvalue weighted by Crippen LogP contribution is 2.50. The second kappa shape index (κ2) is 8.48. The molecule has 1 aliphatic heterocycles. The van der Waals surface area contributed by atoms with Crippen LogP contribution in [0.2, 0.25) is 0 Å². The first kappa shape index (κ1) is 22.8. The molecule has 0 bridgehead atoms. The van der Waals surface area contributed by atoms with Gasteiger partial charge in [-0.25, -0.2) is 14.8 Å². The minimum atomic E-state index is -0.314. The average Bonchev–Trinajstić information content (AvgIpc) is 3.51. The van der Waals surface area contributed by atoms with Crippen LogP contribution in [0.3, 0.4) is 0 Å². The van der Waals surface area contributed by atoms with Crippen molar-refractivity contribution >= 4 is 34.8 Å². The quantitative estimate of drug-likeness (QED) is 0.423. The lowest BCUT2D eigenvalue weighted by Gasteiger charge is -2.37. The van der Waals surface area contributed by atoms with E-state index in [1.807, 2.05) is 7.05 Å². The molecule has 37 heavy (non-hydrogen) atoms. The van der Waals surface area contributed by atoms with Gasteiger partial charge in [-0.3, -0.25) is 10.00 Å². The highest BCUT2D eigenvalue weighted by atomic mass is 16.5. The Hall–Kier alpha value is -4.66. The van der Waals surface area contributed by atoms with Crippen LogP contribution in [0, 0.1) is 11.3 Å². The summed E-state index contributed by atoms with van der Waals surface area (Å²) >= 11 is 0. The Morgan fingerprint density at radius 2 is 2.05 bits per heavy atom. The zero-order valence-electron chi connectivity index (χ0n) is 20.8. The Balaban J connectivity index is 1.28. The number of hydrogen-bond donors (Lipinski definition) is 2. The summed E-state index contributed by atoms with van der Waals surface area (Å²) in [5.74, 6) is 2.27. The summed E-state index contributed by atoms with van der Waals surface area (Å²) in [6.45, 7) is 0.940.